The Morgan fingerprint density at radius 3 is 1.92 bits per heavy atom. The molecular weight excluding hydrogens is 615 g/mol. The fourth-order valence-electron chi connectivity index (χ4n) is 7.40. The van der Waals surface area contributed by atoms with Crippen molar-refractivity contribution in [1.29, 1.82) is 0 Å². The van der Waals surface area contributed by atoms with E-state index in [0.29, 0.717) is 0 Å². The zero-order chi connectivity index (χ0) is 32.3. The Morgan fingerprint density at radius 2 is 1.08 bits per heavy atom. The summed E-state index contributed by atoms with van der Waals surface area (Å²) in [6.45, 7) is 0. The molecule has 0 saturated heterocycles. The fraction of sp³-hybridized carbons (Fsp3) is 0. The molecule has 0 fully saturated rings. The van der Waals surface area contributed by atoms with Crippen LogP contribution in [0.2, 0.25) is 0 Å². The van der Waals surface area contributed by atoms with Gasteiger partial charge in [-0.1, -0.05) is 127 Å². The quantitative estimate of drug-likeness (QED) is 0.186. The number of thiophene rings is 1. The minimum atomic E-state index is 0.879. The summed E-state index contributed by atoms with van der Waals surface area (Å²) in [5, 5.41) is 7.33. The fourth-order valence-corrected chi connectivity index (χ4v) is 8.66. The largest absolute Gasteiger partial charge is 0.456 e. The van der Waals surface area contributed by atoms with Crippen LogP contribution in [0.5, 0.6) is 0 Å². The molecule has 0 unspecified atom stereocenters. The lowest BCUT2D eigenvalue weighted by molar-refractivity contribution is 0.669. The van der Waals surface area contributed by atoms with Gasteiger partial charge in [0.2, 0.25) is 0 Å². The molecule has 10 rings (SSSR count). The summed E-state index contributed by atoms with van der Waals surface area (Å²) in [7, 11) is 0. The molecule has 0 amide bonds. The number of nitrogens with zero attached hydrogens (tertiary/aromatic N) is 1. The zero-order valence-corrected chi connectivity index (χ0v) is 27.3. The highest BCUT2D eigenvalue weighted by atomic mass is 32.1. The van der Waals surface area contributed by atoms with Crippen LogP contribution in [0.15, 0.2) is 180 Å². The van der Waals surface area contributed by atoms with Crippen LogP contribution in [0.25, 0.3) is 75.1 Å². The van der Waals surface area contributed by atoms with E-state index in [1.165, 1.54) is 53.2 Å². The van der Waals surface area contributed by atoms with E-state index >= 15 is 0 Å². The van der Waals surface area contributed by atoms with E-state index in [1.54, 1.807) is 0 Å². The number of fused-ring (bicyclic) bond motifs is 8. The molecule has 2 heterocycles. The molecule has 2 nitrogen and oxygen atoms in total. The van der Waals surface area contributed by atoms with Crippen molar-refractivity contribution in [3.8, 4) is 22.3 Å². The average molecular weight is 644 g/mol. The van der Waals surface area contributed by atoms with Crippen LogP contribution in [0.3, 0.4) is 0 Å². The first-order valence-electron chi connectivity index (χ1n) is 16.6. The van der Waals surface area contributed by atoms with Gasteiger partial charge in [-0.15, -0.1) is 11.3 Å². The highest BCUT2D eigenvalue weighted by Crippen LogP contribution is 2.47. The minimum absolute atomic E-state index is 0.879. The number of furan rings is 1. The predicted molar refractivity (Wildman–Crippen MR) is 210 cm³/mol. The summed E-state index contributed by atoms with van der Waals surface area (Å²) in [5.41, 5.74) is 9.90. The molecule has 49 heavy (non-hydrogen) atoms. The topological polar surface area (TPSA) is 16.4 Å². The Kier molecular flexibility index (Phi) is 6.39. The molecule has 2 aromatic heterocycles. The van der Waals surface area contributed by atoms with Gasteiger partial charge in [0.1, 0.15) is 11.2 Å². The smallest absolute Gasteiger partial charge is 0.137 e. The number of para-hydroxylation sites is 1. The summed E-state index contributed by atoms with van der Waals surface area (Å²) in [6, 6.07) is 63.2. The monoisotopic (exact) mass is 643 g/mol. The summed E-state index contributed by atoms with van der Waals surface area (Å²) in [4.78, 5) is 2.39. The van der Waals surface area contributed by atoms with Crippen molar-refractivity contribution >= 4 is 81.3 Å². The lowest BCUT2D eigenvalue weighted by Crippen LogP contribution is -2.10. The molecule has 230 valence electrons. The molecule has 0 bridgehead atoms. The molecule has 0 aliphatic heterocycles. The maximum atomic E-state index is 6.42. The Labute approximate surface area is 287 Å². The van der Waals surface area contributed by atoms with Gasteiger partial charge < -0.3 is 9.32 Å². The van der Waals surface area contributed by atoms with Crippen LogP contribution < -0.4 is 4.90 Å². The van der Waals surface area contributed by atoms with Gasteiger partial charge in [-0.2, -0.15) is 0 Å². The molecule has 8 aromatic carbocycles. The second kappa shape index (κ2) is 11.2. The van der Waals surface area contributed by atoms with Crippen LogP contribution in [0.4, 0.5) is 17.1 Å². The number of hydrogen-bond acceptors (Lipinski definition) is 3. The lowest BCUT2D eigenvalue weighted by atomic mass is 9.94. The van der Waals surface area contributed by atoms with Crippen molar-refractivity contribution in [2.75, 3.05) is 4.90 Å². The lowest BCUT2D eigenvalue weighted by Gasteiger charge is -2.27. The predicted octanol–water partition coefficient (Wildman–Crippen LogP) is 13.9. The number of benzene rings is 8. The molecule has 0 spiro atoms. The van der Waals surface area contributed by atoms with Crippen molar-refractivity contribution in [2.24, 2.45) is 0 Å². The van der Waals surface area contributed by atoms with Gasteiger partial charge in [0.15, 0.2) is 0 Å². The van der Waals surface area contributed by atoms with E-state index in [1.807, 2.05) is 23.5 Å². The van der Waals surface area contributed by atoms with Gasteiger partial charge in [-0.25, -0.2) is 0 Å². The third-order valence-corrected chi connectivity index (χ3v) is 10.9. The van der Waals surface area contributed by atoms with Crippen molar-refractivity contribution < 1.29 is 4.42 Å². The van der Waals surface area contributed by atoms with Crippen molar-refractivity contribution in [3.63, 3.8) is 0 Å². The van der Waals surface area contributed by atoms with Crippen molar-refractivity contribution in [3.05, 3.63) is 176 Å². The van der Waals surface area contributed by atoms with Gasteiger partial charge in [-0.05, 0) is 70.1 Å². The van der Waals surface area contributed by atoms with Gasteiger partial charge in [0.05, 0.1) is 5.69 Å². The third-order valence-electron chi connectivity index (χ3n) is 9.68. The summed E-state index contributed by atoms with van der Waals surface area (Å²) < 4.78 is 9.03. The zero-order valence-electron chi connectivity index (χ0n) is 26.5. The van der Waals surface area contributed by atoms with Gasteiger partial charge in [0.25, 0.3) is 0 Å². The second-order valence-corrected chi connectivity index (χ2v) is 13.5. The van der Waals surface area contributed by atoms with Gasteiger partial charge in [0, 0.05) is 53.8 Å². The molecular formula is C46H29NOS. The Morgan fingerprint density at radius 1 is 0.429 bits per heavy atom. The highest BCUT2D eigenvalue weighted by Gasteiger charge is 2.20. The van der Waals surface area contributed by atoms with E-state index in [2.05, 4.69) is 169 Å². The number of rotatable bonds is 5. The molecule has 10 aromatic rings. The first-order valence-corrected chi connectivity index (χ1v) is 17.4. The first-order chi connectivity index (χ1) is 24.3. The first kappa shape index (κ1) is 27.9. The highest BCUT2D eigenvalue weighted by molar-refractivity contribution is 7.26. The van der Waals surface area contributed by atoms with E-state index in [-0.39, 0.29) is 0 Å². The van der Waals surface area contributed by atoms with Crippen molar-refractivity contribution in [2.45, 2.75) is 0 Å². The third kappa shape index (κ3) is 4.55. The Balaban J connectivity index is 1.20. The maximum absolute atomic E-state index is 6.42. The molecule has 0 aliphatic carbocycles. The molecule has 0 aliphatic rings. The normalized spacial score (nSPS) is 11.7. The van der Waals surface area contributed by atoms with Gasteiger partial charge in [-0.3, -0.25) is 0 Å². The van der Waals surface area contributed by atoms with Crippen LogP contribution in [0, 0.1) is 0 Å². The summed E-state index contributed by atoms with van der Waals surface area (Å²) >= 11 is 1.87. The summed E-state index contributed by atoms with van der Waals surface area (Å²) in [5.74, 6) is 0. The minimum Gasteiger partial charge on any atom is -0.456 e. The molecule has 0 N–H and O–H groups in total. The second-order valence-electron chi connectivity index (χ2n) is 12.5. The number of hydrogen-bond donors (Lipinski definition) is 0. The Hall–Kier alpha value is -6.16. The standard InChI is InChI=1S/C46H29NOS/c1-2-11-30(12-3-1)35-14-4-5-15-36(35)31-21-24-33(25-22-31)47(34-26-28-38-37-16-6-8-19-42(37)48-43(38)29-34)41-18-10-13-32-23-27-40-39-17-7-9-20-44(39)49-46(40)45(32)41/h1-29H. The van der Waals surface area contributed by atoms with E-state index in [9.17, 15) is 0 Å². The molecule has 0 radical (unpaired) electrons. The molecule has 0 atom stereocenters. The van der Waals surface area contributed by atoms with E-state index in [0.717, 1.165) is 39.0 Å². The molecule has 0 saturated carbocycles. The maximum Gasteiger partial charge on any atom is 0.137 e. The SMILES string of the molecule is c1ccc(-c2ccccc2-c2ccc(N(c3ccc4c(c3)oc3ccccc34)c3cccc4ccc5c6ccccc6sc5c34)cc2)cc1. The van der Waals surface area contributed by atoms with Crippen LogP contribution in [-0.2, 0) is 0 Å². The van der Waals surface area contributed by atoms with Crippen LogP contribution in [-0.4, -0.2) is 0 Å². The molecule has 3 heteroatoms. The average Bonchev–Trinajstić information content (AvgIpc) is 3.74. The van der Waals surface area contributed by atoms with Crippen LogP contribution >= 0.6 is 11.3 Å². The van der Waals surface area contributed by atoms with Gasteiger partial charge >= 0.3 is 0 Å². The Bertz CT molecular complexity index is 2830. The van der Waals surface area contributed by atoms with Crippen molar-refractivity contribution in [1.82, 2.24) is 0 Å². The van der Waals surface area contributed by atoms with E-state index < -0.39 is 0 Å². The number of anilines is 3. The van der Waals surface area contributed by atoms with Crippen LogP contribution in [0.1, 0.15) is 0 Å². The van der Waals surface area contributed by atoms with E-state index in [4.69, 9.17) is 4.42 Å². The summed E-state index contributed by atoms with van der Waals surface area (Å²) in [6.07, 6.45) is 0.